The summed E-state index contributed by atoms with van der Waals surface area (Å²) in [6.07, 6.45) is 1.91. The van der Waals surface area contributed by atoms with Crippen molar-refractivity contribution < 1.29 is 19.4 Å². The highest BCUT2D eigenvalue weighted by atomic mass is 16.5. The van der Waals surface area contributed by atoms with Crippen molar-refractivity contribution in [3.05, 3.63) is 0 Å². The molecule has 0 aliphatic carbocycles. The van der Waals surface area contributed by atoms with Gasteiger partial charge in [0.05, 0.1) is 6.61 Å². The highest BCUT2D eigenvalue weighted by Crippen LogP contribution is 2.21. The number of methoxy groups -OCH3 is 1. The van der Waals surface area contributed by atoms with Gasteiger partial charge < -0.3 is 19.6 Å². The molecule has 0 saturated carbocycles. The summed E-state index contributed by atoms with van der Waals surface area (Å²) in [5.74, 6) is -0.318. The number of ether oxygens (including phenoxy) is 1. The second-order valence-electron chi connectivity index (χ2n) is 6.17. The number of piperidine rings is 1. The molecule has 2 amide bonds. The van der Waals surface area contributed by atoms with Gasteiger partial charge in [-0.15, -0.1) is 0 Å². The van der Waals surface area contributed by atoms with Gasteiger partial charge in [0.2, 0.25) is 0 Å². The van der Waals surface area contributed by atoms with Crippen LogP contribution in [0.4, 0.5) is 4.79 Å². The van der Waals surface area contributed by atoms with Crippen molar-refractivity contribution in [3.8, 4) is 0 Å². The zero-order chi connectivity index (χ0) is 15.8. The van der Waals surface area contributed by atoms with E-state index >= 15 is 0 Å². The van der Waals surface area contributed by atoms with E-state index in [0.717, 1.165) is 19.4 Å². The van der Waals surface area contributed by atoms with E-state index in [1.54, 1.807) is 12.0 Å². The monoisotopic (exact) mass is 300 g/mol. The summed E-state index contributed by atoms with van der Waals surface area (Å²) in [5.41, 5.74) is 0. The number of aliphatic carboxylic acids is 1. The SMILES string of the molecule is COCCN(CC(C)C)C(=O)N1CCCC(CC(=O)O)C1. The zero-order valence-electron chi connectivity index (χ0n) is 13.4. The van der Waals surface area contributed by atoms with E-state index in [9.17, 15) is 9.59 Å². The summed E-state index contributed by atoms with van der Waals surface area (Å²) < 4.78 is 5.08. The Morgan fingerprint density at radius 1 is 1.43 bits per heavy atom. The highest BCUT2D eigenvalue weighted by molar-refractivity contribution is 5.75. The van der Waals surface area contributed by atoms with Crippen LogP contribution in [0.3, 0.4) is 0 Å². The van der Waals surface area contributed by atoms with Gasteiger partial charge in [0, 0.05) is 39.7 Å². The molecule has 1 atom stereocenters. The average molecular weight is 300 g/mol. The summed E-state index contributed by atoms with van der Waals surface area (Å²) in [6, 6.07) is 0.0100. The van der Waals surface area contributed by atoms with Gasteiger partial charge in [0.15, 0.2) is 0 Å². The molecule has 6 nitrogen and oxygen atoms in total. The first kappa shape index (κ1) is 17.8. The van der Waals surface area contributed by atoms with Gasteiger partial charge >= 0.3 is 12.0 Å². The molecular weight excluding hydrogens is 272 g/mol. The molecule has 1 unspecified atom stereocenters. The minimum atomic E-state index is -0.785. The Morgan fingerprint density at radius 3 is 2.71 bits per heavy atom. The number of hydrogen-bond acceptors (Lipinski definition) is 3. The van der Waals surface area contributed by atoms with E-state index in [2.05, 4.69) is 13.8 Å². The maximum absolute atomic E-state index is 12.6. The van der Waals surface area contributed by atoms with Crippen LogP contribution in [-0.2, 0) is 9.53 Å². The van der Waals surface area contributed by atoms with Crippen LogP contribution >= 0.6 is 0 Å². The summed E-state index contributed by atoms with van der Waals surface area (Å²) >= 11 is 0. The zero-order valence-corrected chi connectivity index (χ0v) is 13.4. The van der Waals surface area contributed by atoms with Crippen LogP contribution in [0.5, 0.6) is 0 Å². The Kier molecular flexibility index (Phi) is 7.50. The molecule has 1 aliphatic rings. The number of urea groups is 1. The van der Waals surface area contributed by atoms with Crippen molar-refractivity contribution >= 4 is 12.0 Å². The van der Waals surface area contributed by atoms with E-state index in [1.807, 2.05) is 4.90 Å². The molecule has 1 aliphatic heterocycles. The second-order valence-corrected chi connectivity index (χ2v) is 6.17. The Morgan fingerprint density at radius 2 is 2.14 bits per heavy atom. The Bertz CT molecular complexity index is 347. The smallest absolute Gasteiger partial charge is 0.320 e. The van der Waals surface area contributed by atoms with Gasteiger partial charge in [-0.1, -0.05) is 13.8 Å². The van der Waals surface area contributed by atoms with E-state index in [0.29, 0.717) is 32.2 Å². The molecule has 1 fully saturated rings. The summed E-state index contributed by atoms with van der Waals surface area (Å²) in [5, 5.41) is 8.90. The third-order valence-corrected chi connectivity index (χ3v) is 3.67. The van der Waals surface area contributed by atoms with Crippen LogP contribution in [0, 0.1) is 11.8 Å². The van der Waals surface area contributed by atoms with E-state index in [4.69, 9.17) is 9.84 Å². The second kappa shape index (κ2) is 8.87. The number of amides is 2. The standard InChI is InChI=1S/C15H28N2O4/c1-12(2)10-17(7-8-21-3)15(20)16-6-4-5-13(11-16)9-14(18)19/h12-13H,4-11H2,1-3H3,(H,18,19). The molecule has 1 heterocycles. The van der Waals surface area contributed by atoms with Crippen LogP contribution in [0.2, 0.25) is 0 Å². The van der Waals surface area contributed by atoms with Crippen LogP contribution < -0.4 is 0 Å². The maximum Gasteiger partial charge on any atom is 0.320 e. The topological polar surface area (TPSA) is 70.1 Å². The number of nitrogens with zero attached hydrogens (tertiary/aromatic N) is 2. The van der Waals surface area contributed by atoms with Crippen LogP contribution in [-0.4, -0.2) is 66.8 Å². The van der Waals surface area contributed by atoms with Gasteiger partial charge in [-0.05, 0) is 24.7 Å². The van der Waals surface area contributed by atoms with Crippen molar-refractivity contribution in [1.29, 1.82) is 0 Å². The van der Waals surface area contributed by atoms with Crippen molar-refractivity contribution in [2.24, 2.45) is 11.8 Å². The molecule has 21 heavy (non-hydrogen) atoms. The molecule has 1 N–H and O–H groups in total. The molecule has 0 aromatic rings. The van der Waals surface area contributed by atoms with Crippen LogP contribution in [0.1, 0.15) is 33.1 Å². The molecule has 1 saturated heterocycles. The summed E-state index contributed by atoms with van der Waals surface area (Å²) in [6.45, 7) is 7.22. The highest BCUT2D eigenvalue weighted by Gasteiger charge is 2.28. The molecule has 0 bridgehead atoms. The fraction of sp³-hybridized carbons (Fsp3) is 0.867. The quantitative estimate of drug-likeness (QED) is 0.779. The third kappa shape index (κ3) is 6.33. The Labute approximate surface area is 127 Å². The van der Waals surface area contributed by atoms with E-state index in [1.165, 1.54) is 0 Å². The lowest BCUT2D eigenvalue weighted by Crippen LogP contribution is -2.49. The first-order valence-corrected chi connectivity index (χ1v) is 7.68. The number of carboxylic acid groups (broad SMARTS) is 1. The number of hydrogen-bond donors (Lipinski definition) is 1. The number of carbonyl (C=O) groups is 2. The number of carbonyl (C=O) groups excluding carboxylic acids is 1. The minimum absolute atomic E-state index is 0.0100. The molecule has 0 aromatic heterocycles. The van der Waals surface area contributed by atoms with Crippen molar-refractivity contribution in [2.75, 3.05) is 39.9 Å². The van der Waals surface area contributed by atoms with E-state index in [-0.39, 0.29) is 18.4 Å². The lowest BCUT2D eigenvalue weighted by Gasteiger charge is -2.36. The van der Waals surface area contributed by atoms with Gasteiger partial charge in [-0.2, -0.15) is 0 Å². The summed E-state index contributed by atoms with van der Waals surface area (Å²) in [4.78, 5) is 27.1. The molecule has 0 radical (unpaired) electrons. The van der Waals surface area contributed by atoms with Crippen molar-refractivity contribution in [3.63, 3.8) is 0 Å². The third-order valence-electron chi connectivity index (χ3n) is 3.67. The maximum atomic E-state index is 12.6. The minimum Gasteiger partial charge on any atom is -0.481 e. The number of carboxylic acids is 1. The van der Waals surface area contributed by atoms with Crippen molar-refractivity contribution in [1.82, 2.24) is 9.80 Å². The van der Waals surface area contributed by atoms with Crippen LogP contribution in [0.15, 0.2) is 0 Å². The number of likely N-dealkylation sites (tertiary alicyclic amines) is 1. The van der Waals surface area contributed by atoms with Gasteiger partial charge in [0.1, 0.15) is 0 Å². The first-order chi connectivity index (χ1) is 9.93. The lowest BCUT2D eigenvalue weighted by molar-refractivity contribution is -0.138. The average Bonchev–Trinajstić information content (AvgIpc) is 2.42. The lowest BCUT2D eigenvalue weighted by atomic mass is 9.95. The number of rotatable bonds is 7. The molecular formula is C15H28N2O4. The molecule has 0 aromatic carbocycles. The molecule has 6 heteroatoms. The normalized spacial score (nSPS) is 18.9. The predicted octanol–water partition coefficient (Wildman–Crippen LogP) is 1.90. The van der Waals surface area contributed by atoms with E-state index < -0.39 is 5.97 Å². The molecule has 0 spiro atoms. The largest absolute Gasteiger partial charge is 0.481 e. The van der Waals surface area contributed by atoms with Gasteiger partial charge in [-0.25, -0.2) is 4.79 Å². The predicted molar refractivity (Wildman–Crippen MR) is 80.2 cm³/mol. The Hall–Kier alpha value is -1.30. The fourth-order valence-corrected chi connectivity index (χ4v) is 2.76. The van der Waals surface area contributed by atoms with Gasteiger partial charge in [-0.3, -0.25) is 4.79 Å². The summed E-state index contributed by atoms with van der Waals surface area (Å²) in [7, 11) is 1.63. The Balaban J connectivity index is 2.61. The first-order valence-electron chi connectivity index (χ1n) is 7.68. The molecule has 122 valence electrons. The molecule has 1 rings (SSSR count). The van der Waals surface area contributed by atoms with Crippen molar-refractivity contribution in [2.45, 2.75) is 33.1 Å². The fourth-order valence-electron chi connectivity index (χ4n) is 2.76. The van der Waals surface area contributed by atoms with Gasteiger partial charge in [0.25, 0.3) is 0 Å². The van der Waals surface area contributed by atoms with Crippen LogP contribution in [0.25, 0.3) is 0 Å².